The summed E-state index contributed by atoms with van der Waals surface area (Å²) in [7, 11) is 0. The molecule has 2 N–H and O–H groups in total. The molecule has 0 radical (unpaired) electrons. The molecule has 3 nitrogen and oxygen atoms in total. The van der Waals surface area contributed by atoms with Crippen molar-refractivity contribution in [1.82, 2.24) is 5.32 Å². The van der Waals surface area contributed by atoms with E-state index in [2.05, 4.69) is 47.0 Å². The fourth-order valence-corrected chi connectivity index (χ4v) is 4.29. The van der Waals surface area contributed by atoms with Crippen LogP contribution in [0.15, 0.2) is 42.5 Å². The molecule has 0 bridgehead atoms. The fraction of sp³-hybridized carbons (Fsp3) is 0.435. The summed E-state index contributed by atoms with van der Waals surface area (Å²) in [6, 6.07) is 14.9. The van der Waals surface area contributed by atoms with Gasteiger partial charge in [-0.25, -0.2) is 0 Å². The maximum absolute atomic E-state index is 12.5. The molecular weight excluding hydrogens is 320 g/mol. The first-order valence-electron chi connectivity index (χ1n) is 9.97. The van der Waals surface area contributed by atoms with Crippen molar-refractivity contribution >= 4 is 11.6 Å². The van der Waals surface area contributed by atoms with Gasteiger partial charge in [-0.2, -0.15) is 0 Å². The highest BCUT2D eigenvalue weighted by Gasteiger charge is 2.16. The lowest BCUT2D eigenvalue weighted by Gasteiger charge is -2.19. The number of aryl methyl sites for hydroxylation is 1. The highest BCUT2D eigenvalue weighted by atomic mass is 16.1. The first-order chi connectivity index (χ1) is 12.8. The molecule has 1 aliphatic carbocycles. The molecule has 1 fully saturated rings. The summed E-state index contributed by atoms with van der Waals surface area (Å²) in [6.45, 7) is 2.28. The van der Waals surface area contributed by atoms with Gasteiger partial charge < -0.3 is 10.6 Å². The Labute approximate surface area is 156 Å². The Morgan fingerprint density at radius 1 is 1.04 bits per heavy atom. The monoisotopic (exact) mass is 348 g/mol. The third-order valence-corrected chi connectivity index (χ3v) is 5.74. The molecule has 1 unspecified atom stereocenters. The number of hydrogen-bond acceptors (Lipinski definition) is 2. The van der Waals surface area contributed by atoms with Crippen molar-refractivity contribution in [3.8, 4) is 0 Å². The number of carbonyl (C=O) groups excluding carboxylic acids is 1. The number of benzene rings is 2. The molecule has 0 spiro atoms. The Bertz CT molecular complexity index is 760. The minimum absolute atomic E-state index is 0.0803. The van der Waals surface area contributed by atoms with Gasteiger partial charge >= 0.3 is 0 Å². The second kappa shape index (κ2) is 8.05. The van der Waals surface area contributed by atoms with Crippen LogP contribution in [0.2, 0.25) is 0 Å². The van der Waals surface area contributed by atoms with Gasteiger partial charge in [0.2, 0.25) is 5.91 Å². The summed E-state index contributed by atoms with van der Waals surface area (Å²) >= 11 is 0. The lowest BCUT2D eigenvalue weighted by atomic mass is 9.90. The molecule has 2 aliphatic rings. The van der Waals surface area contributed by atoms with Gasteiger partial charge in [-0.05, 0) is 85.9 Å². The van der Waals surface area contributed by atoms with Crippen molar-refractivity contribution < 1.29 is 4.79 Å². The standard InChI is InChI=1S/C23H28N2O/c26-23(25-22-7-3-5-20-4-1-2-6-21(20)22)15-18-10-8-17(9-11-18)14-19-12-13-24-16-19/h3,5,7-11,19,24H,1-2,4,6,12-16H2,(H,25,26). The zero-order valence-corrected chi connectivity index (χ0v) is 15.4. The fourth-order valence-electron chi connectivity index (χ4n) is 4.29. The predicted octanol–water partition coefficient (Wildman–Crippen LogP) is 3.90. The number of carbonyl (C=O) groups is 1. The Hall–Kier alpha value is -2.13. The van der Waals surface area contributed by atoms with Crippen LogP contribution in [0.4, 0.5) is 5.69 Å². The largest absolute Gasteiger partial charge is 0.326 e. The SMILES string of the molecule is O=C(Cc1ccc(CC2CCNC2)cc1)Nc1cccc2c1CCCC2. The molecule has 1 aliphatic heterocycles. The zero-order valence-electron chi connectivity index (χ0n) is 15.4. The summed E-state index contributed by atoms with van der Waals surface area (Å²) in [4.78, 5) is 12.5. The maximum Gasteiger partial charge on any atom is 0.228 e. The Morgan fingerprint density at radius 3 is 2.65 bits per heavy atom. The Balaban J connectivity index is 1.36. The minimum atomic E-state index is 0.0803. The molecule has 4 rings (SSSR count). The third kappa shape index (κ3) is 4.16. The molecular formula is C23H28N2O. The van der Waals surface area contributed by atoms with Gasteiger partial charge in [-0.15, -0.1) is 0 Å². The lowest BCUT2D eigenvalue weighted by Crippen LogP contribution is -2.17. The molecule has 136 valence electrons. The van der Waals surface area contributed by atoms with Crippen LogP contribution in [0.5, 0.6) is 0 Å². The van der Waals surface area contributed by atoms with Crippen LogP contribution in [-0.2, 0) is 30.5 Å². The average molecular weight is 348 g/mol. The van der Waals surface area contributed by atoms with Crippen LogP contribution in [0.25, 0.3) is 0 Å². The molecule has 1 amide bonds. The molecule has 1 saturated heterocycles. The average Bonchev–Trinajstić information content (AvgIpc) is 3.17. The van der Waals surface area contributed by atoms with Crippen molar-refractivity contribution in [1.29, 1.82) is 0 Å². The Morgan fingerprint density at radius 2 is 1.85 bits per heavy atom. The van der Waals surface area contributed by atoms with Gasteiger partial charge in [0.15, 0.2) is 0 Å². The molecule has 2 aromatic rings. The molecule has 0 saturated carbocycles. The molecule has 1 atom stereocenters. The summed E-state index contributed by atoms with van der Waals surface area (Å²) < 4.78 is 0. The maximum atomic E-state index is 12.5. The first kappa shape index (κ1) is 17.3. The van der Waals surface area contributed by atoms with Crippen molar-refractivity contribution in [2.75, 3.05) is 18.4 Å². The van der Waals surface area contributed by atoms with Crippen molar-refractivity contribution in [3.05, 3.63) is 64.7 Å². The van der Waals surface area contributed by atoms with Crippen LogP contribution < -0.4 is 10.6 Å². The van der Waals surface area contributed by atoms with E-state index >= 15 is 0 Å². The zero-order chi connectivity index (χ0) is 17.8. The van der Waals surface area contributed by atoms with E-state index in [1.807, 2.05) is 6.07 Å². The van der Waals surface area contributed by atoms with Crippen molar-refractivity contribution in [2.45, 2.75) is 44.9 Å². The second-order valence-electron chi connectivity index (χ2n) is 7.75. The van der Waals surface area contributed by atoms with Crippen LogP contribution in [0.1, 0.15) is 41.5 Å². The molecule has 1 heterocycles. The van der Waals surface area contributed by atoms with E-state index in [9.17, 15) is 4.79 Å². The number of hydrogen-bond donors (Lipinski definition) is 2. The van der Waals surface area contributed by atoms with E-state index in [1.165, 1.54) is 36.0 Å². The van der Waals surface area contributed by atoms with Crippen LogP contribution in [-0.4, -0.2) is 19.0 Å². The molecule has 2 aromatic carbocycles. The summed E-state index contributed by atoms with van der Waals surface area (Å²) in [5.74, 6) is 0.838. The number of fused-ring (bicyclic) bond motifs is 1. The number of amides is 1. The van der Waals surface area contributed by atoms with Gasteiger partial charge in [0.1, 0.15) is 0 Å². The smallest absolute Gasteiger partial charge is 0.228 e. The number of nitrogens with one attached hydrogen (secondary N) is 2. The van der Waals surface area contributed by atoms with E-state index in [4.69, 9.17) is 0 Å². The lowest BCUT2D eigenvalue weighted by molar-refractivity contribution is -0.115. The normalized spacial score (nSPS) is 19.2. The van der Waals surface area contributed by atoms with E-state index < -0.39 is 0 Å². The topological polar surface area (TPSA) is 41.1 Å². The predicted molar refractivity (Wildman–Crippen MR) is 107 cm³/mol. The van der Waals surface area contributed by atoms with Gasteiger partial charge in [0.25, 0.3) is 0 Å². The third-order valence-electron chi connectivity index (χ3n) is 5.74. The number of rotatable bonds is 5. The minimum Gasteiger partial charge on any atom is -0.326 e. The first-order valence-corrected chi connectivity index (χ1v) is 9.97. The highest BCUT2D eigenvalue weighted by molar-refractivity contribution is 5.93. The molecule has 26 heavy (non-hydrogen) atoms. The summed E-state index contributed by atoms with van der Waals surface area (Å²) in [5, 5.41) is 6.57. The van der Waals surface area contributed by atoms with Crippen LogP contribution >= 0.6 is 0 Å². The van der Waals surface area contributed by atoms with Crippen LogP contribution in [0, 0.1) is 5.92 Å². The van der Waals surface area contributed by atoms with E-state index in [0.717, 1.165) is 49.5 Å². The van der Waals surface area contributed by atoms with Crippen molar-refractivity contribution in [2.24, 2.45) is 5.92 Å². The molecule has 0 aromatic heterocycles. The number of anilines is 1. The second-order valence-corrected chi connectivity index (χ2v) is 7.75. The van der Waals surface area contributed by atoms with Gasteiger partial charge in [-0.1, -0.05) is 36.4 Å². The quantitative estimate of drug-likeness (QED) is 0.860. The highest BCUT2D eigenvalue weighted by Crippen LogP contribution is 2.28. The van der Waals surface area contributed by atoms with E-state index in [0.29, 0.717) is 6.42 Å². The van der Waals surface area contributed by atoms with Gasteiger partial charge in [0, 0.05) is 5.69 Å². The summed E-state index contributed by atoms with van der Waals surface area (Å²) in [5.41, 5.74) is 6.21. The van der Waals surface area contributed by atoms with E-state index in [1.54, 1.807) is 0 Å². The summed E-state index contributed by atoms with van der Waals surface area (Å²) in [6.07, 6.45) is 7.54. The Kier molecular flexibility index (Phi) is 5.35. The van der Waals surface area contributed by atoms with Gasteiger partial charge in [0.05, 0.1) is 6.42 Å². The molecule has 3 heteroatoms. The van der Waals surface area contributed by atoms with Gasteiger partial charge in [-0.3, -0.25) is 4.79 Å². The van der Waals surface area contributed by atoms with Crippen molar-refractivity contribution in [3.63, 3.8) is 0 Å². The van der Waals surface area contributed by atoms with E-state index in [-0.39, 0.29) is 5.91 Å². The van der Waals surface area contributed by atoms with Crippen LogP contribution in [0.3, 0.4) is 0 Å².